The van der Waals surface area contributed by atoms with Crippen molar-refractivity contribution in [3.05, 3.63) is 30.1 Å². The first-order valence-electron chi connectivity index (χ1n) is 6.69. The average Bonchev–Trinajstić information content (AvgIpc) is 2.93. The molecule has 1 amide bonds. The van der Waals surface area contributed by atoms with Crippen LogP contribution in [0.15, 0.2) is 24.4 Å². The van der Waals surface area contributed by atoms with Gasteiger partial charge in [-0.2, -0.15) is 0 Å². The third kappa shape index (κ3) is 3.53. The molecule has 1 aromatic heterocycles. The van der Waals surface area contributed by atoms with Crippen molar-refractivity contribution < 1.29 is 4.79 Å². The summed E-state index contributed by atoms with van der Waals surface area (Å²) >= 11 is 0. The maximum absolute atomic E-state index is 11.8. The Balaban J connectivity index is 1.70. The van der Waals surface area contributed by atoms with Crippen LogP contribution in [-0.4, -0.2) is 35.4 Å². The number of nitrogens with one attached hydrogen (secondary N) is 1. The fourth-order valence-corrected chi connectivity index (χ4v) is 2.26. The lowest BCUT2D eigenvalue weighted by molar-refractivity contribution is -0.130. The highest BCUT2D eigenvalue weighted by molar-refractivity contribution is 5.76. The summed E-state index contributed by atoms with van der Waals surface area (Å²) in [6, 6.07) is 6.08. The second-order valence-corrected chi connectivity index (χ2v) is 4.77. The van der Waals surface area contributed by atoms with Gasteiger partial charge in [0.05, 0.1) is 5.69 Å². The van der Waals surface area contributed by atoms with Crippen LogP contribution in [0.1, 0.15) is 37.9 Å². The van der Waals surface area contributed by atoms with Crippen molar-refractivity contribution in [3.63, 3.8) is 0 Å². The van der Waals surface area contributed by atoms with Crippen molar-refractivity contribution in [2.24, 2.45) is 0 Å². The maximum Gasteiger partial charge on any atom is 0.223 e. The van der Waals surface area contributed by atoms with E-state index in [1.165, 1.54) is 0 Å². The molecule has 98 valence electrons. The molecule has 0 radical (unpaired) electrons. The SMILES string of the molecule is CC(NCCC(=O)N1CCCC1)c1ccccn1. The van der Waals surface area contributed by atoms with E-state index < -0.39 is 0 Å². The Kier molecular flexibility index (Phi) is 4.70. The Morgan fingerprint density at radius 1 is 1.44 bits per heavy atom. The maximum atomic E-state index is 11.8. The van der Waals surface area contributed by atoms with E-state index in [4.69, 9.17) is 0 Å². The lowest BCUT2D eigenvalue weighted by Crippen LogP contribution is -2.31. The van der Waals surface area contributed by atoms with E-state index in [1.807, 2.05) is 23.1 Å². The zero-order valence-electron chi connectivity index (χ0n) is 10.9. The topological polar surface area (TPSA) is 45.2 Å². The van der Waals surface area contributed by atoms with Crippen LogP contribution < -0.4 is 5.32 Å². The van der Waals surface area contributed by atoms with Crippen molar-refractivity contribution in [1.82, 2.24) is 15.2 Å². The third-order valence-corrected chi connectivity index (χ3v) is 3.38. The molecule has 1 fully saturated rings. The van der Waals surface area contributed by atoms with Gasteiger partial charge in [-0.15, -0.1) is 0 Å². The van der Waals surface area contributed by atoms with E-state index in [0.717, 1.165) is 31.6 Å². The van der Waals surface area contributed by atoms with Crippen LogP contribution in [-0.2, 0) is 4.79 Å². The van der Waals surface area contributed by atoms with Gasteiger partial charge in [-0.1, -0.05) is 6.07 Å². The normalized spacial score (nSPS) is 16.8. The van der Waals surface area contributed by atoms with E-state index in [-0.39, 0.29) is 11.9 Å². The zero-order chi connectivity index (χ0) is 12.8. The van der Waals surface area contributed by atoms with Crippen LogP contribution in [0.5, 0.6) is 0 Å². The van der Waals surface area contributed by atoms with Gasteiger partial charge in [0.25, 0.3) is 0 Å². The van der Waals surface area contributed by atoms with Gasteiger partial charge < -0.3 is 10.2 Å². The number of aromatic nitrogens is 1. The lowest BCUT2D eigenvalue weighted by Gasteiger charge is -2.17. The van der Waals surface area contributed by atoms with Crippen LogP contribution >= 0.6 is 0 Å². The highest BCUT2D eigenvalue weighted by atomic mass is 16.2. The number of hydrogen-bond acceptors (Lipinski definition) is 3. The molecule has 0 saturated carbocycles. The van der Waals surface area contributed by atoms with Gasteiger partial charge in [0.15, 0.2) is 0 Å². The second kappa shape index (κ2) is 6.50. The molecule has 2 rings (SSSR count). The van der Waals surface area contributed by atoms with Crippen LogP contribution in [0.3, 0.4) is 0 Å². The molecule has 1 aliphatic rings. The highest BCUT2D eigenvalue weighted by Crippen LogP contribution is 2.10. The fraction of sp³-hybridized carbons (Fsp3) is 0.571. The zero-order valence-corrected chi connectivity index (χ0v) is 10.9. The molecule has 18 heavy (non-hydrogen) atoms. The number of carbonyl (C=O) groups excluding carboxylic acids is 1. The minimum atomic E-state index is 0.192. The minimum absolute atomic E-state index is 0.192. The average molecular weight is 247 g/mol. The number of likely N-dealkylation sites (tertiary alicyclic amines) is 1. The quantitative estimate of drug-likeness (QED) is 0.862. The molecule has 0 aromatic carbocycles. The standard InChI is InChI=1S/C14H21N3O/c1-12(13-6-2-3-8-16-13)15-9-7-14(18)17-10-4-5-11-17/h2-3,6,8,12,15H,4-5,7,9-11H2,1H3. The molecule has 0 spiro atoms. The van der Waals surface area contributed by atoms with Gasteiger partial charge in [-0.25, -0.2) is 0 Å². The number of nitrogens with zero attached hydrogens (tertiary/aromatic N) is 2. The number of amides is 1. The molecular formula is C14H21N3O. The number of pyridine rings is 1. The van der Waals surface area contributed by atoms with Crippen molar-refractivity contribution in [2.75, 3.05) is 19.6 Å². The molecule has 1 aromatic rings. The number of rotatable bonds is 5. The van der Waals surface area contributed by atoms with Gasteiger partial charge >= 0.3 is 0 Å². The molecule has 4 heteroatoms. The molecule has 1 unspecified atom stereocenters. The molecule has 2 heterocycles. The van der Waals surface area contributed by atoms with Crippen molar-refractivity contribution in [3.8, 4) is 0 Å². The summed E-state index contributed by atoms with van der Waals surface area (Å²) in [5.41, 5.74) is 1.02. The Hall–Kier alpha value is -1.42. The molecule has 4 nitrogen and oxygen atoms in total. The summed E-state index contributed by atoms with van der Waals surface area (Å²) < 4.78 is 0. The van der Waals surface area contributed by atoms with Crippen molar-refractivity contribution in [2.45, 2.75) is 32.2 Å². The lowest BCUT2D eigenvalue weighted by atomic mass is 10.2. The highest BCUT2D eigenvalue weighted by Gasteiger charge is 2.17. The van der Waals surface area contributed by atoms with Gasteiger partial charge in [-0.05, 0) is 31.9 Å². The van der Waals surface area contributed by atoms with E-state index in [0.29, 0.717) is 13.0 Å². The second-order valence-electron chi connectivity index (χ2n) is 4.77. The first-order valence-corrected chi connectivity index (χ1v) is 6.69. The van der Waals surface area contributed by atoms with E-state index >= 15 is 0 Å². The molecule has 1 atom stereocenters. The Morgan fingerprint density at radius 2 is 2.22 bits per heavy atom. The summed E-state index contributed by atoms with van der Waals surface area (Å²) in [5.74, 6) is 0.272. The number of hydrogen-bond donors (Lipinski definition) is 1. The first kappa shape index (κ1) is 13.0. The van der Waals surface area contributed by atoms with Gasteiger partial charge in [0, 0.05) is 38.3 Å². The Bertz CT molecular complexity index is 374. The van der Waals surface area contributed by atoms with Crippen LogP contribution in [0.2, 0.25) is 0 Å². The molecule has 0 bridgehead atoms. The number of carbonyl (C=O) groups is 1. The predicted octanol–water partition coefficient (Wildman–Crippen LogP) is 1.74. The van der Waals surface area contributed by atoms with Crippen LogP contribution in [0, 0.1) is 0 Å². The summed E-state index contributed by atoms with van der Waals surface area (Å²) in [6.45, 7) is 4.67. The van der Waals surface area contributed by atoms with Crippen molar-refractivity contribution >= 4 is 5.91 Å². The summed E-state index contributed by atoms with van der Waals surface area (Å²) in [6.07, 6.45) is 4.69. The molecule has 1 N–H and O–H groups in total. The predicted molar refractivity (Wildman–Crippen MR) is 71.1 cm³/mol. The van der Waals surface area contributed by atoms with E-state index in [2.05, 4.69) is 17.2 Å². The van der Waals surface area contributed by atoms with Crippen LogP contribution in [0.25, 0.3) is 0 Å². The summed E-state index contributed by atoms with van der Waals surface area (Å²) in [5, 5.41) is 3.34. The summed E-state index contributed by atoms with van der Waals surface area (Å²) in [7, 11) is 0. The largest absolute Gasteiger partial charge is 0.343 e. The fourth-order valence-electron chi connectivity index (χ4n) is 2.26. The molecule has 1 aliphatic heterocycles. The van der Waals surface area contributed by atoms with Crippen molar-refractivity contribution in [1.29, 1.82) is 0 Å². The molecular weight excluding hydrogens is 226 g/mol. The monoisotopic (exact) mass is 247 g/mol. The Morgan fingerprint density at radius 3 is 2.89 bits per heavy atom. The first-order chi connectivity index (χ1) is 8.77. The van der Waals surface area contributed by atoms with E-state index in [9.17, 15) is 4.79 Å². The van der Waals surface area contributed by atoms with Gasteiger partial charge in [0.2, 0.25) is 5.91 Å². The van der Waals surface area contributed by atoms with E-state index in [1.54, 1.807) is 6.20 Å². The Labute approximate surface area is 108 Å². The minimum Gasteiger partial charge on any atom is -0.343 e. The third-order valence-electron chi connectivity index (χ3n) is 3.38. The smallest absolute Gasteiger partial charge is 0.223 e. The van der Waals surface area contributed by atoms with Gasteiger partial charge in [0.1, 0.15) is 0 Å². The molecule has 0 aliphatic carbocycles. The summed E-state index contributed by atoms with van der Waals surface area (Å²) in [4.78, 5) is 18.1. The van der Waals surface area contributed by atoms with Crippen LogP contribution in [0.4, 0.5) is 0 Å². The van der Waals surface area contributed by atoms with Gasteiger partial charge in [-0.3, -0.25) is 9.78 Å². The molecule has 1 saturated heterocycles.